The molecule has 8 nitrogen and oxygen atoms in total. The first kappa shape index (κ1) is 29.9. The third-order valence-corrected chi connectivity index (χ3v) is 0.272. The van der Waals surface area contributed by atoms with Crippen molar-refractivity contribution in [2.45, 2.75) is 13.8 Å². The quantitative estimate of drug-likeness (QED) is 0.253. The number of carbonyl (C=O) groups is 2. The van der Waals surface area contributed by atoms with E-state index >= 15 is 0 Å². The van der Waals surface area contributed by atoms with Gasteiger partial charge in [-0.25, -0.2) is 0 Å². The summed E-state index contributed by atoms with van der Waals surface area (Å²) in [7, 11) is 0. The Kier molecular flexibility index (Phi) is 63.6. The fraction of sp³-hybridized carbons (Fsp3) is 0.500. The van der Waals surface area contributed by atoms with E-state index in [1.165, 1.54) is 13.1 Å². The molecule has 0 radical (unpaired) electrons. The van der Waals surface area contributed by atoms with E-state index in [1.54, 1.807) is 0 Å². The summed E-state index contributed by atoms with van der Waals surface area (Å²) in [5.74, 6) is -1.67. The molecule has 108 valence electrons. The summed E-state index contributed by atoms with van der Waals surface area (Å²) in [6, 6.07) is 0. The number of nitrogens with two attached hydrogens (primary N) is 4. The maximum Gasteiger partial charge on any atom is 2.00 e. The predicted molar refractivity (Wildman–Crippen MR) is 61.7 cm³/mol. The monoisotopic (exact) mass is 344 g/mol. The fourth-order valence-electron chi connectivity index (χ4n) is 0. The molecule has 0 aliphatic carbocycles. The second-order valence-corrected chi connectivity index (χ2v) is 1.98. The maximum absolute atomic E-state index is 9.00. The second-order valence-electron chi connectivity index (χ2n) is 1.98. The molecule has 0 bridgehead atoms. The van der Waals surface area contributed by atoms with Crippen molar-refractivity contribution in [3.8, 4) is 0 Å². The van der Waals surface area contributed by atoms with E-state index in [9.17, 15) is 0 Å². The Morgan fingerprint density at radius 1 is 0.941 bits per heavy atom. The van der Waals surface area contributed by atoms with Crippen LogP contribution in [0.5, 0.6) is 0 Å². The van der Waals surface area contributed by atoms with E-state index in [0.29, 0.717) is 13.1 Å². The number of aliphatic carboxylic acids is 2. The van der Waals surface area contributed by atoms with E-state index in [2.05, 4.69) is 0 Å². The van der Waals surface area contributed by atoms with Gasteiger partial charge in [-0.3, -0.25) is 22.7 Å². The summed E-state index contributed by atoms with van der Waals surface area (Å²) in [5.41, 5.74) is 19.2. The summed E-state index contributed by atoms with van der Waals surface area (Å²) >= 11 is 0. The average molecular weight is 345 g/mol. The fourth-order valence-corrected chi connectivity index (χ4v) is 0. The van der Waals surface area contributed by atoms with Gasteiger partial charge in [-0.15, -0.1) is 13.1 Å². The van der Waals surface area contributed by atoms with Crippen molar-refractivity contribution < 1.29 is 40.2 Å². The minimum atomic E-state index is -0.833. The second kappa shape index (κ2) is 36.1. The summed E-state index contributed by atoms with van der Waals surface area (Å²) in [6.07, 6.45) is 0. The van der Waals surface area contributed by atoms with Crippen LogP contribution >= 0.6 is 0 Å². The van der Waals surface area contributed by atoms with Crippen molar-refractivity contribution in [2.24, 2.45) is 22.9 Å². The van der Waals surface area contributed by atoms with Crippen molar-refractivity contribution in [3.05, 3.63) is 13.1 Å². The SMILES string of the molecule is CC(=O)O.CC(=O)O.N[CH-]CN.N[CH-]CN.[Pd+2]. The maximum atomic E-state index is 9.00. The normalized spacial score (nSPS) is 6.47. The Hall–Kier alpha value is -0.558. The Bertz CT molecular complexity index is 121. The molecule has 9 heteroatoms. The molecule has 0 amide bonds. The van der Waals surface area contributed by atoms with Crippen LogP contribution in [0.25, 0.3) is 0 Å². The Morgan fingerprint density at radius 3 is 1.00 bits per heavy atom. The number of hydrogen-bond acceptors (Lipinski definition) is 6. The molecular formula is C8H22N4O4Pd. The zero-order valence-corrected chi connectivity index (χ0v) is 11.5. The van der Waals surface area contributed by atoms with Crippen LogP contribution in [0.1, 0.15) is 13.8 Å². The van der Waals surface area contributed by atoms with Gasteiger partial charge in [-0.2, -0.15) is 0 Å². The molecule has 0 fully saturated rings. The van der Waals surface area contributed by atoms with Gasteiger partial charge in [-0.1, -0.05) is 0 Å². The van der Waals surface area contributed by atoms with Crippen LogP contribution in [-0.4, -0.2) is 35.2 Å². The van der Waals surface area contributed by atoms with E-state index in [-0.39, 0.29) is 20.4 Å². The third kappa shape index (κ3) is 1340. The van der Waals surface area contributed by atoms with Crippen molar-refractivity contribution in [2.75, 3.05) is 13.1 Å². The first-order chi connectivity index (χ1) is 7.29. The minimum absolute atomic E-state index is 0. The standard InChI is InChI=1S/2C2H7N2.2C2H4O2.Pd/c2*3-1-2-4;2*1-2(3)4;/h2*1H,2-4H2;2*1H3,(H,3,4);/q2*-1;;;+2. The van der Waals surface area contributed by atoms with Gasteiger partial charge in [0.2, 0.25) is 0 Å². The molecule has 10 N–H and O–H groups in total. The molecule has 0 unspecified atom stereocenters. The molecule has 0 spiro atoms. The molecule has 17 heavy (non-hydrogen) atoms. The first-order valence-corrected chi connectivity index (χ1v) is 4.16. The van der Waals surface area contributed by atoms with Gasteiger partial charge >= 0.3 is 20.4 Å². The molecule has 0 aliphatic heterocycles. The van der Waals surface area contributed by atoms with Crippen LogP contribution in [0.2, 0.25) is 0 Å². The molecule has 0 atom stereocenters. The Morgan fingerprint density at radius 2 is 1.00 bits per heavy atom. The first-order valence-electron chi connectivity index (χ1n) is 4.16. The van der Waals surface area contributed by atoms with Gasteiger partial charge < -0.3 is 33.1 Å². The predicted octanol–water partition coefficient (Wildman–Crippen LogP) is -1.69. The molecule has 0 aromatic heterocycles. The Balaban J connectivity index is -0.0000000369. The van der Waals surface area contributed by atoms with Crippen molar-refractivity contribution in [1.29, 1.82) is 0 Å². The smallest absolute Gasteiger partial charge is 0.482 e. The zero-order chi connectivity index (χ0) is 14.0. The minimum Gasteiger partial charge on any atom is -0.482 e. The molecule has 0 aliphatic rings. The van der Waals surface area contributed by atoms with Gasteiger partial charge in [0.25, 0.3) is 11.9 Å². The summed E-state index contributed by atoms with van der Waals surface area (Å²) in [6.45, 7) is 5.92. The van der Waals surface area contributed by atoms with Crippen LogP contribution in [0.3, 0.4) is 0 Å². The van der Waals surface area contributed by atoms with E-state index in [1.807, 2.05) is 0 Å². The van der Waals surface area contributed by atoms with Gasteiger partial charge in [-0.05, 0) is 0 Å². The Labute approximate surface area is 115 Å². The van der Waals surface area contributed by atoms with Gasteiger partial charge in [0.1, 0.15) is 0 Å². The molecule has 0 saturated carbocycles. The number of carboxylic acid groups (broad SMARTS) is 2. The summed E-state index contributed by atoms with van der Waals surface area (Å²) in [4.78, 5) is 18.0. The molecular weight excluding hydrogens is 323 g/mol. The average Bonchev–Trinajstić information content (AvgIpc) is 2.16. The molecule has 0 heterocycles. The van der Waals surface area contributed by atoms with Gasteiger partial charge in [0, 0.05) is 13.8 Å². The third-order valence-electron chi connectivity index (χ3n) is 0.272. The van der Waals surface area contributed by atoms with E-state index in [0.717, 1.165) is 13.8 Å². The van der Waals surface area contributed by atoms with Crippen LogP contribution in [0, 0.1) is 13.1 Å². The molecule has 0 saturated heterocycles. The number of hydrogen-bond donors (Lipinski definition) is 6. The number of rotatable bonds is 2. The molecule has 0 aromatic rings. The van der Waals surface area contributed by atoms with Crippen LogP contribution in [-0.2, 0) is 30.0 Å². The number of carboxylic acids is 2. The summed E-state index contributed by atoms with van der Waals surface area (Å²) < 4.78 is 0. The topological polar surface area (TPSA) is 179 Å². The van der Waals surface area contributed by atoms with Crippen molar-refractivity contribution in [3.63, 3.8) is 0 Å². The summed E-state index contributed by atoms with van der Waals surface area (Å²) in [5, 5.41) is 14.8. The van der Waals surface area contributed by atoms with Crippen molar-refractivity contribution >= 4 is 11.9 Å². The van der Waals surface area contributed by atoms with Crippen LogP contribution in [0.4, 0.5) is 0 Å². The molecule has 0 rings (SSSR count). The van der Waals surface area contributed by atoms with Crippen molar-refractivity contribution in [1.82, 2.24) is 0 Å². The van der Waals surface area contributed by atoms with Crippen LogP contribution in [0.15, 0.2) is 0 Å². The largest absolute Gasteiger partial charge is 2.00 e. The van der Waals surface area contributed by atoms with E-state index in [4.69, 9.17) is 42.7 Å². The van der Waals surface area contributed by atoms with Gasteiger partial charge in [0.15, 0.2) is 0 Å². The van der Waals surface area contributed by atoms with Crippen LogP contribution < -0.4 is 22.9 Å². The van der Waals surface area contributed by atoms with E-state index < -0.39 is 11.9 Å². The molecule has 0 aromatic carbocycles. The zero-order valence-electron chi connectivity index (χ0n) is 9.91. The van der Waals surface area contributed by atoms with Gasteiger partial charge in [0.05, 0.1) is 0 Å².